The molecule has 1 saturated heterocycles. The highest BCUT2D eigenvalue weighted by atomic mass is 16.5. The molecule has 0 saturated carbocycles. The molecule has 2 amide bonds. The van der Waals surface area contributed by atoms with Crippen LogP contribution in [0.25, 0.3) is 0 Å². The molecule has 2 N–H and O–H groups in total. The SMILES string of the molecule is O=C1NCC(c2ccc3c(c2)OCCCO3)NC1=O. The van der Waals surface area contributed by atoms with Crippen LogP contribution in [0.3, 0.4) is 0 Å². The molecule has 2 aliphatic heterocycles. The first kappa shape index (κ1) is 11.8. The Labute approximate surface area is 110 Å². The predicted molar refractivity (Wildman–Crippen MR) is 65.9 cm³/mol. The Morgan fingerprint density at radius 1 is 1.05 bits per heavy atom. The lowest BCUT2D eigenvalue weighted by atomic mass is 10.0. The van der Waals surface area contributed by atoms with E-state index in [0.29, 0.717) is 31.3 Å². The average molecular weight is 262 g/mol. The minimum absolute atomic E-state index is 0.234. The third-order valence-corrected chi connectivity index (χ3v) is 3.15. The van der Waals surface area contributed by atoms with Crippen LogP contribution in [0.4, 0.5) is 0 Å². The van der Waals surface area contributed by atoms with Gasteiger partial charge in [-0.15, -0.1) is 0 Å². The van der Waals surface area contributed by atoms with Crippen LogP contribution in [0.5, 0.6) is 11.5 Å². The maximum atomic E-state index is 11.3. The number of carbonyl (C=O) groups excluding carboxylic acids is 2. The molecule has 1 aromatic carbocycles. The molecule has 6 nitrogen and oxygen atoms in total. The van der Waals surface area contributed by atoms with Crippen molar-refractivity contribution in [2.45, 2.75) is 12.5 Å². The van der Waals surface area contributed by atoms with Crippen LogP contribution in [0.15, 0.2) is 18.2 Å². The second kappa shape index (κ2) is 4.79. The fourth-order valence-electron chi connectivity index (χ4n) is 2.15. The van der Waals surface area contributed by atoms with Crippen LogP contribution in [-0.2, 0) is 9.59 Å². The zero-order chi connectivity index (χ0) is 13.2. The number of hydrogen-bond donors (Lipinski definition) is 2. The van der Waals surface area contributed by atoms with Crippen molar-refractivity contribution in [1.29, 1.82) is 0 Å². The molecule has 100 valence electrons. The molecule has 1 aromatic rings. The van der Waals surface area contributed by atoms with E-state index in [9.17, 15) is 9.59 Å². The summed E-state index contributed by atoms with van der Waals surface area (Å²) in [5, 5.41) is 5.21. The molecule has 1 unspecified atom stereocenters. The predicted octanol–water partition coefficient (Wildman–Crippen LogP) is 0.135. The van der Waals surface area contributed by atoms with E-state index in [0.717, 1.165) is 12.0 Å². The summed E-state index contributed by atoms with van der Waals surface area (Å²) >= 11 is 0. The van der Waals surface area contributed by atoms with Gasteiger partial charge in [0.1, 0.15) is 0 Å². The van der Waals surface area contributed by atoms with Gasteiger partial charge in [0.15, 0.2) is 11.5 Å². The number of amides is 2. The molecule has 0 aliphatic carbocycles. The van der Waals surface area contributed by atoms with Gasteiger partial charge in [-0.2, -0.15) is 0 Å². The Morgan fingerprint density at radius 2 is 1.84 bits per heavy atom. The molecule has 3 rings (SSSR count). The zero-order valence-electron chi connectivity index (χ0n) is 10.3. The van der Waals surface area contributed by atoms with Crippen molar-refractivity contribution in [2.24, 2.45) is 0 Å². The molecular formula is C13H14N2O4. The standard InChI is InChI=1S/C13H14N2O4/c16-12-13(17)15-9(7-14-12)8-2-3-10-11(6-8)19-5-1-4-18-10/h2-3,6,9H,1,4-5,7H2,(H,14,16)(H,15,17). The van der Waals surface area contributed by atoms with Crippen molar-refractivity contribution < 1.29 is 19.1 Å². The van der Waals surface area contributed by atoms with Crippen molar-refractivity contribution in [3.8, 4) is 11.5 Å². The van der Waals surface area contributed by atoms with E-state index in [1.807, 2.05) is 18.2 Å². The van der Waals surface area contributed by atoms with Gasteiger partial charge in [-0.25, -0.2) is 0 Å². The number of ether oxygens (including phenoxy) is 2. The van der Waals surface area contributed by atoms with Crippen molar-refractivity contribution in [3.63, 3.8) is 0 Å². The highest BCUT2D eigenvalue weighted by Crippen LogP contribution is 2.32. The fourth-order valence-corrected chi connectivity index (χ4v) is 2.15. The molecule has 0 bridgehead atoms. The fraction of sp³-hybridized carbons (Fsp3) is 0.385. The molecule has 0 aromatic heterocycles. The molecule has 2 aliphatic rings. The van der Waals surface area contributed by atoms with Gasteiger partial charge in [0.05, 0.1) is 19.3 Å². The number of benzene rings is 1. The second-order valence-electron chi connectivity index (χ2n) is 4.49. The van der Waals surface area contributed by atoms with E-state index in [1.165, 1.54) is 0 Å². The molecule has 0 spiro atoms. The normalized spacial score (nSPS) is 22.2. The molecule has 6 heteroatoms. The summed E-state index contributed by atoms with van der Waals surface area (Å²) in [5.41, 5.74) is 0.887. The first-order valence-electron chi connectivity index (χ1n) is 6.22. The number of hydrogen-bond acceptors (Lipinski definition) is 4. The summed E-state index contributed by atoms with van der Waals surface area (Å²) in [4.78, 5) is 22.4. The summed E-state index contributed by atoms with van der Waals surface area (Å²) in [7, 11) is 0. The first-order valence-corrected chi connectivity index (χ1v) is 6.22. The summed E-state index contributed by atoms with van der Waals surface area (Å²) < 4.78 is 11.1. The Balaban J connectivity index is 1.83. The Bertz CT molecular complexity index is 529. The monoisotopic (exact) mass is 262 g/mol. The third-order valence-electron chi connectivity index (χ3n) is 3.15. The molecular weight excluding hydrogens is 248 g/mol. The van der Waals surface area contributed by atoms with E-state index in [1.54, 1.807) is 0 Å². The Morgan fingerprint density at radius 3 is 2.63 bits per heavy atom. The van der Waals surface area contributed by atoms with Gasteiger partial charge in [0.25, 0.3) is 0 Å². The number of nitrogens with one attached hydrogen (secondary N) is 2. The van der Waals surface area contributed by atoms with Gasteiger partial charge in [-0.3, -0.25) is 9.59 Å². The van der Waals surface area contributed by atoms with Gasteiger partial charge in [-0.05, 0) is 17.7 Å². The van der Waals surface area contributed by atoms with E-state index in [4.69, 9.17) is 9.47 Å². The van der Waals surface area contributed by atoms with Crippen LogP contribution < -0.4 is 20.1 Å². The van der Waals surface area contributed by atoms with Gasteiger partial charge in [-0.1, -0.05) is 6.07 Å². The number of carbonyl (C=O) groups is 2. The van der Waals surface area contributed by atoms with E-state index in [-0.39, 0.29) is 6.04 Å². The lowest BCUT2D eigenvalue weighted by Crippen LogP contribution is -2.51. The van der Waals surface area contributed by atoms with Crippen molar-refractivity contribution >= 4 is 11.8 Å². The Kier molecular flexibility index (Phi) is 2.98. The smallest absolute Gasteiger partial charge is 0.309 e. The summed E-state index contributed by atoms with van der Waals surface area (Å²) in [6.45, 7) is 1.64. The molecule has 19 heavy (non-hydrogen) atoms. The maximum absolute atomic E-state index is 11.3. The number of rotatable bonds is 1. The highest BCUT2D eigenvalue weighted by Gasteiger charge is 2.26. The van der Waals surface area contributed by atoms with Crippen LogP contribution in [0.2, 0.25) is 0 Å². The minimum Gasteiger partial charge on any atom is -0.490 e. The summed E-state index contributed by atoms with van der Waals surface area (Å²) in [6, 6.07) is 5.32. The zero-order valence-corrected chi connectivity index (χ0v) is 10.3. The molecule has 2 heterocycles. The van der Waals surface area contributed by atoms with Crippen molar-refractivity contribution in [3.05, 3.63) is 23.8 Å². The average Bonchev–Trinajstić information content (AvgIpc) is 2.66. The quantitative estimate of drug-likeness (QED) is 0.706. The van der Waals surface area contributed by atoms with Crippen LogP contribution in [0, 0.1) is 0 Å². The number of piperazine rings is 1. The first-order chi connectivity index (χ1) is 9.24. The van der Waals surface area contributed by atoms with Gasteiger partial charge in [0.2, 0.25) is 0 Å². The Hall–Kier alpha value is -2.24. The van der Waals surface area contributed by atoms with Gasteiger partial charge >= 0.3 is 11.8 Å². The highest BCUT2D eigenvalue weighted by molar-refractivity contribution is 6.35. The van der Waals surface area contributed by atoms with Gasteiger partial charge < -0.3 is 20.1 Å². The summed E-state index contributed by atoms with van der Waals surface area (Å²) in [6.07, 6.45) is 0.847. The maximum Gasteiger partial charge on any atom is 0.309 e. The van der Waals surface area contributed by atoms with Crippen LogP contribution in [0.1, 0.15) is 18.0 Å². The van der Waals surface area contributed by atoms with E-state index < -0.39 is 11.8 Å². The molecule has 1 atom stereocenters. The number of fused-ring (bicyclic) bond motifs is 1. The van der Waals surface area contributed by atoms with E-state index in [2.05, 4.69) is 10.6 Å². The van der Waals surface area contributed by atoms with Gasteiger partial charge in [0, 0.05) is 13.0 Å². The van der Waals surface area contributed by atoms with E-state index >= 15 is 0 Å². The summed E-state index contributed by atoms with van der Waals surface area (Å²) in [5.74, 6) is 0.197. The molecule has 0 radical (unpaired) electrons. The lowest BCUT2D eigenvalue weighted by molar-refractivity contribution is -0.141. The second-order valence-corrected chi connectivity index (χ2v) is 4.49. The van der Waals surface area contributed by atoms with Crippen LogP contribution >= 0.6 is 0 Å². The third kappa shape index (κ3) is 2.33. The van der Waals surface area contributed by atoms with Crippen molar-refractivity contribution in [1.82, 2.24) is 10.6 Å². The largest absolute Gasteiger partial charge is 0.490 e. The lowest BCUT2D eigenvalue weighted by Gasteiger charge is -2.24. The molecule has 1 fully saturated rings. The topological polar surface area (TPSA) is 76.7 Å². The minimum atomic E-state index is -0.608. The van der Waals surface area contributed by atoms with Crippen LogP contribution in [-0.4, -0.2) is 31.6 Å². The van der Waals surface area contributed by atoms with Crippen molar-refractivity contribution in [2.75, 3.05) is 19.8 Å².